The smallest absolute Gasteiger partial charge is 0.316 e. The third kappa shape index (κ3) is 3.37. The number of fused-ring (bicyclic) bond motifs is 3. The monoisotopic (exact) mass is 432 g/mol. The van der Waals surface area contributed by atoms with E-state index < -0.39 is 16.7 Å². The Balaban J connectivity index is 1.69. The number of nitro groups is 1. The Morgan fingerprint density at radius 3 is 2.19 bits per heavy atom. The minimum absolute atomic E-state index is 0.129. The van der Waals surface area contributed by atoms with Gasteiger partial charge in [-0.25, -0.2) is 0 Å². The van der Waals surface area contributed by atoms with Gasteiger partial charge in [-0.05, 0) is 51.4 Å². The molecule has 1 aromatic heterocycles. The van der Waals surface area contributed by atoms with Gasteiger partial charge in [0.15, 0.2) is 0 Å². The highest BCUT2D eigenvalue weighted by atomic mass is 19.4. The molecule has 0 saturated carbocycles. The lowest BCUT2D eigenvalue weighted by molar-refractivity contribution is -0.384. The molecule has 0 aliphatic rings. The first-order valence-corrected chi connectivity index (χ1v) is 9.77. The Labute approximate surface area is 180 Å². The van der Waals surface area contributed by atoms with Gasteiger partial charge in [-0.2, -0.15) is 13.2 Å². The van der Waals surface area contributed by atoms with Gasteiger partial charge in [-0.3, -0.25) is 10.1 Å². The van der Waals surface area contributed by atoms with Gasteiger partial charge >= 0.3 is 6.18 Å². The summed E-state index contributed by atoms with van der Waals surface area (Å²) in [7, 11) is 0. The molecule has 0 radical (unpaired) electrons. The first-order chi connectivity index (χ1) is 15.3. The van der Waals surface area contributed by atoms with Crippen LogP contribution in [0.25, 0.3) is 38.5 Å². The maximum atomic E-state index is 13.5. The van der Waals surface area contributed by atoms with Crippen molar-refractivity contribution in [1.82, 2.24) is 4.57 Å². The van der Waals surface area contributed by atoms with E-state index in [-0.39, 0.29) is 5.69 Å². The topological polar surface area (TPSA) is 48.1 Å². The average molecular weight is 432 g/mol. The highest BCUT2D eigenvalue weighted by Crippen LogP contribution is 2.37. The molecule has 0 saturated heterocycles. The molecule has 5 aromatic rings. The lowest BCUT2D eigenvalue weighted by Gasteiger charge is -2.11. The Bertz CT molecular complexity index is 1490. The number of rotatable bonds is 3. The summed E-state index contributed by atoms with van der Waals surface area (Å²) in [5.74, 6) is 0. The first-order valence-electron chi connectivity index (χ1n) is 9.77. The summed E-state index contributed by atoms with van der Waals surface area (Å²) in [4.78, 5) is 10.4. The zero-order chi connectivity index (χ0) is 22.5. The van der Waals surface area contributed by atoms with E-state index in [0.29, 0.717) is 16.9 Å². The van der Waals surface area contributed by atoms with Crippen LogP contribution in [0.3, 0.4) is 0 Å². The average Bonchev–Trinajstić information content (AvgIpc) is 3.25. The Kier molecular flexibility index (Phi) is 4.48. The third-order valence-corrected chi connectivity index (χ3v) is 5.53. The molecule has 7 heteroatoms. The van der Waals surface area contributed by atoms with E-state index in [2.05, 4.69) is 0 Å². The SMILES string of the molecule is O=[N+]([O-])c1ccc(-n2cc(C(F)(F)F)cc2-c2ccc3c(ccc4ccccc43)c2)cc1. The number of hydrogen-bond donors (Lipinski definition) is 0. The number of benzene rings is 4. The standard InChI is InChI=1S/C25H15F3N2O2/c26-25(27,28)19-14-24(29(15-19)20-8-10-21(11-9-20)30(31)32)18-7-12-23-17(13-18)6-5-16-3-1-2-4-22(16)23/h1-15H. The molecule has 5 rings (SSSR count). The van der Waals surface area contributed by atoms with E-state index in [1.54, 1.807) is 6.07 Å². The highest BCUT2D eigenvalue weighted by Gasteiger charge is 2.33. The number of alkyl halides is 3. The summed E-state index contributed by atoms with van der Waals surface area (Å²) in [6.45, 7) is 0. The van der Waals surface area contributed by atoms with Gasteiger partial charge in [-0.15, -0.1) is 0 Å². The fourth-order valence-electron chi connectivity index (χ4n) is 3.96. The van der Waals surface area contributed by atoms with Crippen LogP contribution in [0.1, 0.15) is 5.56 Å². The Morgan fingerprint density at radius 2 is 1.47 bits per heavy atom. The lowest BCUT2D eigenvalue weighted by atomic mass is 9.99. The predicted octanol–water partition coefficient (Wildman–Crippen LogP) is 7.38. The number of hydrogen-bond acceptors (Lipinski definition) is 2. The van der Waals surface area contributed by atoms with Gasteiger partial charge in [0, 0.05) is 24.0 Å². The molecule has 4 aromatic carbocycles. The minimum atomic E-state index is -4.52. The van der Waals surface area contributed by atoms with Crippen LogP contribution < -0.4 is 0 Å². The largest absolute Gasteiger partial charge is 0.417 e. The van der Waals surface area contributed by atoms with Gasteiger partial charge in [-0.1, -0.05) is 48.5 Å². The summed E-state index contributed by atoms with van der Waals surface area (Å²) in [6.07, 6.45) is -3.51. The van der Waals surface area contributed by atoms with Crippen molar-refractivity contribution in [2.45, 2.75) is 6.18 Å². The van der Waals surface area contributed by atoms with Crippen molar-refractivity contribution in [2.24, 2.45) is 0 Å². The maximum absolute atomic E-state index is 13.5. The van der Waals surface area contributed by atoms with Crippen molar-refractivity contribution in [1.29, 1.82) is 0 Å². The number of nitrogens with zero attached hydrogens (tertiary/aromatic N) is 2. The molecule has 0 bridgehead atoms. The summed E-state index contributed by atoms with van der Waals surface area (Å²) in [5.41, 5.74) is 0.447. The molecule has 0 atom stereocenters. The quantitative estimate of drug-likeness (QED) is 0.170. The molecule has 0 unspecified atom stereocenters. The normalized spacial score (nSPS) is 11.8. The van der Waals surface area contributed by atoms with Crippen LogP contribution in [0.5, 0.6) is 0 Å². The number of non-ortho nitro benzene ring substituents is 1. The molecule has 0 amide bonds. The molecule has 32 heavy (non-hydrogen) atoms. The van der Waals surface area contributed by atoms with E-state index in [1.807, 2.05) is 48.5 Å². The van der Waals surface area contributed by atoms with Crippen LogP contribution in [0.15, 0.2) is 91.1 Å². The van der Waals surface area contributed by atoms with Crippen LogP contribution in [0.4, 0.5) is 18.9 Å². The minimum Gasteiger partial charge on any atom is -0.316 e. The zero-order valence-electron chi connectivity index (χ0n) is 16.5. The summed E-state index contributed by atoms with van der Waals surface area (Å²) in [5, 5.41) is 15.0. The molecular weight excluding hydrogens is 417 g/mol. The Hall–Kier alpha value is -4.13. The second-order valence-corrected chi connectivity index (χ2v) is 7.48. The van der Waals surface area contributed by atoms with Gasteiger partial charge in [0.1, 0.15) is 0 Å². The second-order valence-electron chi connectivity index (χ2n) is 7.48. The van der Waals surface area contributed by atoms with Crippen molar-refractivity contribution in [2.75, 3.05) is 0 Å². The van der Waals surface area contributed by atoms with Crippen molar-refractivity contribution in [3.8, 4) is 16.9 Å². The highest BCUT2D eigenvalue weighted by molar-refractivity contribution is 6.08. The molecule has 0 aliphatic heterocycles. The van der Waals surface area contributed by atoms with Crippen LogP contribution in [-0.2, 0) is 6.18 Å². The first kappa shape index (κ1) is 19.8. The van der Waals surface area contributed by atoms with Crippen molar-refractivity contribution in [3.63, 3.8) is 0 Å². The predicted molar refractivity (Wildman–Crippen MR) is 118 cm³/mol. The second kappa shape index (κ2) is 7.23. The van der Waals surface area contributed by atoms with Crippen LogP contribution in [0, 0.1) is 10.1 Å². The molecule has 158 valence electrons. The van der Waals surface area contributed by atoms with E-state index in [0.717, 1.165) is 33.8 Å². The molecular formula is C25H15F3N2O2. The molecule has 1 heterocycles. The molecule has 0 fully saturated rings. The number of nitro benzene ring substituents is 1. The van der Waals surface area contributed by atoms with Crippen molar-refractivity contribution < 1.29 is 18.1 Å². The summed E-state index contributed by atoms with van der Waals surface area (Å²) < 4.78 is 41.9. The van der Waals surface area contributed by atoms with E-state index in [1.165, 1.54) is 28.8 Å². The number of halogens is 3. The van der Waals surface area contributed by atoms with Gasteiger partial charge in [0.2, 0.25) is 0 Å². The van der Waals surface area contributed by atoms with Crippen LogP contribution in [-0.4, -0.2) is 9.49 Å². The van der Waals surface area contributed by atoms with E-state index >= 15 is 0 Å². The summed E-state index contributed by atoms with van der Waals surface area (Å²) >= 11 is 0. The molecule has 0 N–H and O–H groups in total. The zero-order valence-corrected chi connectivity index (χ0v) is 16.5. The van der Waals surface area contributed by atoms with Gasteiger partial charge < -0.3 is 4.57 Å². The van der Waals surface area contributed by atoms with Crippen molar-refractivity contribution in [3.05, 3.63) is 107 Å². The van der Waals surface area contributed by atoms with Crippen LogP contribution in [0.2, 0.25) is 0 Å². The van der Waals surface area contributed by atoms with E-state index in [4.69, 9.17) is 0 Å². The maximum Gasteiger partial charge on any atom is 0.417 e. The lowest BCUT2D eigenvalue weighted by Crippen LogP contribution is -2.03. The Morgan fingerprint density at radius 1 is 0.781 bits per heavy atom. The number of aromatic nitrogens is 1. The van der Waals surface area contributed by atoms with Crippen LogP contribution >= 0.6 is 0 Å². The fourth-order valence-corrected chi connectivity index (χ4v) is 3.96. The fraction of sp³-hybridized carbons (Fsp3) is 0.0400. The third-order valence-electron chi connectivity index (χ3n) is 5.53. The van der Waals surface area contributed by atoms with E-state index in [9.17, 15) is 23.3 Å². The molecule has 0 aliphatic carbocycles. The van der Waals surface area contributed by atoms with Crippen molar-refractivity contribution >= 4 is 27.2 Å². The van der Waals surface area contributed by atoms with Gasteiger partial charge in [0.05, 0.1) is 16.2 Å². The summed E-state index contributed by atoms with van der Waals surface area (Å²) in [6, 6.07) is 24.0. The molecule has 4 nitrogen and oxygen atoms in total. The molecule has 0 spiro atoms. The van der Waals surface area contributed by atoms with Gasteiger partial charge in [0.25, 0.3) is 5.69 Å².